The number of carbonyl (C=O) groups is 1. The van der Waals surface area contributed by atoms with Gasteiger partial charge < -0.3 is 10.1 Å². The third-order valence-electron chi connectivity index (χ3n) is 5.24. The quantitative estimate of drug-likeness (QED) is 0.796. The standard InChI is InChI=1S/C21H32F2N2O2/c1-19(2,3)27-18(26)24-15-16-11-13-25(14-12-16)20(4,5)21(22,23)17-9-7-6-8-10-17/h6-10,16H,11-15H2,1-5H3,(H,24,26). The predicted octanol–water partition coefficient (Wildman–Crippen LogP) is 4.79. The number of halogens is 2. The molecule has 2 rings (SSSR count). The molecule has 4 nitrogen and oxygen atoms in total. The molecule has 27 heavy (non-hydrogen) atoms. The minimum atomic E-state index is -2.95. The van der Waals surface area contributed by atoms with Gasteiger partial charge in [-0.1, -0.05) is 30.3 Å². The van der Waals surface area contributed by atoms with Crippen LogP contribution in [0.3, 0.4) is 0 Å². The molecule has 0 radical (unpaired) electrons. The summed E-state index contributed by atoms with van der Waals surface area (Å²) in [7, 11) is 0. The van der Waals surface area contributed by atoms with E-state index in [9.17, 15) is 4.79 Å². The lowest BCUT2D eigenvalue weighted by atomic mass is 9.85. The number of alkyl carbamates (subject to hydrolysis) is 1. The molecule has 1 saturated heterocycles. The molecular weight excluding hydrogens is 350 g/mol. The van der Waals surface area contributed by atoms with E-state index in [4.69, 9.17) is 4.74 Å². The highest BCUT2D eigenvalue weighted by Crippen LogP contribution is 2.43. The fourth-order valence-corrected chi connectivity index (χ4v) is 3.44. The molecule has 0 spiro atoms. The van der Waals surface area contributed by atoms with E-state index in [2.05, 4.69) is 5.32 Å². The van der Waals surface area contributed by atoms with Crippen molar-refractivity contribution >= 4 is 6.09 Å². The van der Waals surface area contributed by atoms with Crippen molar-refractivity contribution in [2.45, 2.75) is 64.5 Å². The number of amides is 1. The van der Waals surface area contributed by atoms with Crippen LogP contribution in [-0.4, -0.2) is 41.8 Å². The van der Waals surface area contributed by atoms with E-state index in [0.29, 0.717) is 19.6 Å². The van der Waals surface area contributed by atoms with E-state index in [1.807, 2.05) is 25.7 Å². The second-order valence-corrected chi connectivity index (χ2v) is 8.81. The predicted molar refractivity (Wildman–Crippen MR) is 103 cm³/mol. The van der Waals surface area contributed by atoms with Crippen molar-refractivity contribution in [2.75, 3.05) is 19.6 Å². The molecule has 0 aliphatic carbocycles. The molecular formula is C21H32F2N2O2. The van der Waals surface area contributed by atoms with Crippen LogP contribution in [0.2, 0.25) is 0 Å². The maximum atomic E-state index is 15.1. The van der Waals surface area contributed by atoms with Crippen molar-refractivity contribution < 1.29 is 18.3 Å². The Labute approximate surface area is 161 Å². The molecule has 0 unspecified atom stereocenters. The Morgan fingerprint density at radius 2 is 1.67 bits per heavy atom. The van der Waals surface area contributed by atoms with Crippen molar-refractivity contribution in [3.63, 3.8) is 0 Å². The molecule has 1 fully saturated rings. The number of likely N-dealkylation sites (tertiary alicyclic amines) is 1. The summed E-state index contributed by atoms with van der Waals surface area (Å²) in [4.78, 5) is 13.6. The van der Waals surface area contributed by atoms with Gasteiger partial charge in [-0.25, -0.2) is 4.79 Å². The molecule has 0 atom stereocenters. The number of alkyl halides is 2. The fraction of sp³-hybridized carbons (Fsp3) is 0.667. The van der Waals surface area contributed by atoms with Gasteiger partial charge in [0.15, 0.2) is 0 Å². The molecule has 152 valence electrons. The van der Waals surface area contributed by atoms with E-state index in [1.165, 1.54) is 12.1 Å². The van der Waals surface area contributed by atoms with Crippen LogP contribution in [0, 0.1) is 5.92 Å². The Morgan fingerprint density at radius 3 is 2.19 bits per heavy atom. The largest absolute Gasteiger partial charge is 0.444 e. The molecule has 1 aliphatic rings. The number of carbonyl (C=O) groups excluding carboxylic acids is 1. The van der Waals surface area contributed by atoms with Crippen LogP contribution in [-0.2, 0) is 10.7 Å². The van der Waals surface area contributed by atoms with E-state index < -0.39 is 23.2 Å². The van der Waals surface area contributed by atoms with Gasteiger partial charge in [0.2, 0.25) is 0 Å². The summed E-state index contributed by atoms with van der Waals surface area (Å²) in [6.07, 6.45) is 1.11. The highest BCUT2D eigenvalue weighted by atomic mass is 19.3. The monoisotopic (exact) mass is 382 g/mol. The topological polar surface area (TPSA) is 41.6 Å². The Hall–Kier alpha value is -1.69. The molecule has 1 aromatic carbocycles. The zero-order valence-electron chi connectivity index (χ0n) is 17.0. The minimum absolute atomic E-state index is 0.0451. The number of nitrogens with zero attached hydrogens (tertiary/aromatic N) is 1. The van der Waals surface area contributed by atoms with E-state index in [1.54, 1.807) is 32.0 Å². The Bertz CT molecular complexity index is 619. The summed E-state index contributed by atoms with van der Waals surface area (Å²) in [6, 6.07) is 8.01. The first-order valence-electron chi connectivity index (χ1n) is 9.59. The van der Waals surface area contributed by atoms with Crippen LogP contribution in [0.5, 0.6) is 0 Å². The second kappa shape index (κ2) is 8.13. The number of hydrogen-bond donors (Lipinski definition) is 1. The molecule has 0 aromatic heterocycles. The summed E-state index contributed by atoms with van der Waals surface area (Å²) in [5.74, 6) is -2.68. The SMILES string of the molecule is CC(C)(C)OC(=O)NCC1CCN(C(C)(C)C(F)(F)c2ccccc2)CC1. The van der Waals surface area contributed by atoms with Gasteiger partial charge in [-0.2, -0.15) is 8.78 Å². The van der Waals surface area contributed by atoms with Gasteiger partial charge in [-0.05, 0) is 66.5 Å². The summed E-state index contributed by atoms with van der Waals surface area (Å²) in [5, 5.41) is 2.79. The van der Waals surface area contributed by atoms with Gasteiger partial charge in [0.05, 0.1) is 5.54 Å². The molecule has 0 bridgehead atoms. The third kappa shape index (κ3) is 5.41. The normalized spacial score (nSPS) is 17.6. The van der Waals surface area contributed by atoms with E-state index >= 15 is 8.78 Å². The Morgan fingerprint density at radius 1 is 1.11 bits per heavy atom. The number of hydrogen-bond acceptors (Lipinski definition) is 3. The molecule has 1 N–H and O–H groups in total. The molecule has 1 aromatic rings. The number of ether oxygens (including phenoxy) is 1. The van der Waals surface area contributed by atoms with E-state index in [0.717, 1.165) is 12.8 Å². The summed E-state index contributed by atoms with van der Waals surface area (Å²) < 4.78 is 35.5. The molecule has 6 heteroatoms. The number of piperidine rings is 1. The number of rotatable bonds is 5. The molecule has 1 heterocycles. The minimum Gasteiger partial charge on any atom is -0.444 e. The van der Waals surface area contributed by atoms with Crippen LogP contribution in [0.15, 0.2) is 30.3 Å². The lowest BCUT2D eigenvalue weighted by Gasteiger charge is -2.46. The Kier molecular flexibility index (Phi) is 6.51. The summed E-state index contributed by atoms with van der Waals surface area (Å²) in [6.45, 7) is 10.4. The van der Waals surface area contributed by atoms with E-state index in [-0.39, 0.29) is 11.5 Å². The average molecular weight is 382 g/mol. The molecule has 1 aliphatic heterocycles. The first-order chi connectivity index (χ1) is 12.4. The fourth-order valence-electron chi connectivity index (χ4n) is 3.44. The van der Waals surface area contributed by atoms with Crippen molar-refractivity contribution in [1.29, 1.82) is 0 Å². The lowest BCUT2D eigenvalue weighted by Crippen LogP contribution is -2.57. The lowest BCUT2D eigenvalue weighted by molar-refractivity contribution is -0.143. The summed E-state index contributed by atoms with van der Waals surface area (Å²) >= 11 is 0. The average Bonchev–Trinajstić information content (AvgIpc) is 2.59. The number of benzene rings is 1. The first kappa shape index (κ1) is 21.6. The second-order valence-electron chi connectivity index (χ2n) is 8.81. The van der Waals surface area contributed by atoms with Gasteiger partial charge in [0.25, 0.3) is 5.92 Å². The van der Waals surface area contributed by atoms with Crippen LogP contribution < -0.4 is 5.32 Å². The maximum absolute atomic E-state index is 15.1. The first-order valence-corrected chi connectivity index (χ1v) is 9.59. The summed E-state index contributed by atoms with van der Waals surface area (Å²) in [5.41, 5.74) is -1.76. The van der Waals surface area contributed by atoms with Crippen LogP contribution in [0.1, 0.15) is 53.0 Å². The van der Waals surface area contributed by atoms with Gasteiger partial charge >= 0.3 is 6.09 Å². The van der Waals surface area contributed by atoms with Crippen LogP contribution in [0.25, 0.3) is 0 Å². The maximum Gasteiger partial charge on any atom is 0.407 e. The number of nitrogens with one attached hydrogen (secondary N) is 1. The Balaban J connectivity index is 1.90. The van der Waals surface area contributed by atoms with Gasteiger partial charge in [-0.3, -0.25) is 4.90 Å². The molecule has 1 amide bonds. The van der Waals surface area contributed by atoms with Crippen molar-refractivity contribution in [2.24, 2.45) is 5.92 Å². The van der Waals surface area contributed by atoms with Crippen LogP contribution in [0.4, 0.5) is 13.6 Å². The van der Waals surface area contributed by atoms with Crippen LogP contribution >= 0.6 is 0 Å². The molecule has 0 saturated carbocycles. The van der Waals surface area contributed by atoms with Crippen molar-refractivity contribution in [3.8, 4) is 0 Å². The van der Waals surface area contributed by atoms with Gasteiger partial charge in [-0.15, -0.1) is 0 Å². The van der Waals surface area contributed by atoms with Gasteiger partial charge in [0, 0.05) is 12.1 Å². The van der Waals surface area contributed by atoms with Gasteiger partial charge in [0.1, 0.15) is 5.60 Å². The van der Waals surface area contributed by atoms with Crippen molar-refractivity contribution in [3.05, 3.63) is 35.9 Å². The zero-order valence-corrected chi connectivity index (χ0v) is 17.0. The zero-order chi connectivity index (χ0) is 20.3. The highest BCUT2D eigenvalue weighted by molar-refractivity contribution is 5.67. The smallest absolute Gasteiger partial charge is 0.407 e. The van der Waals surface area contributed by atoms with Crippen molar-refractivity contribution in [1.82, 2.24) is 10.2 Å². The third-order valence-corrected chi connectivity index (χ3v) is 5.24. The highest BCUT2D eigenvalue weighted by Gasteiger charge is 2.51.